The minimum absolute atomic E-state index is 0.175. The first kappa shape index (κ1) is 21.4. The Hall–Kier alpha value is -2.86. The predicted octanol–water partition coefficient (Wildman–Crippen LogP) is 5.86. The molecule has 31 heavy (non-hydrogen) atoms. The SMILES string of the molecule is CC1(C)COC(CCCCCC(=O)O)c2c1n(-c1ccc(F)cc1)c1cccc(O)c21. The molecular formula is C25H28FNO4. The van der Waals surface area contributed by atoms with Crippen LogP contribution in [0.15, 0.2) is 42.5 Å². The third-order valence-electron chi connectivity index (χ3n) is 6.06. The smallest absolute Gasteiger partial charge is 0.303 e. The average Bonchev–Trinajstić information content (AvgIpc) is 3.08. The third kappa shape index (κ3) is 4.04. The number of aromatic nitrogens is 1. The maximum Gasteiger partial charge on any atom is 0.303 e. The Morgan fingerprint density at radius 3 is 2.61 bits per heavy atom. The summed E-state index contributed by atoms with van der Waals surface area (Å²) in [6.45, 7) is 4.76. The summed E-state index contributed by atoms with van der Waals surface area (Å²) < 4.78 is 22.0. The molecule has 1 unspecified atom stereocenters. The number of hydrogen-bond acceptors (Lipinski definition) is 3. The first-order valence-corrected chi connectivity index (χ1v) is 10.8. The lowest BCUT2D eigenvalue weighted by molar-refractivity contribution is -0.137. The number of aliphatic carboxylic acids is 1. The molecule has 1 aliphatic rings. The molecule has 4 rings (SSSR count). The Bertz CT molecular complexity index is 1100. The monoisotopic (exact) mass is 425 g/mol. The van der Waals surface area contributed by atoms with Crippen molar-refractivity contribution in [1.82, 2.24) is 4.57 Å². The van der Waals surface area contributed by atoms with E-state index in [2.05, 4.69) is 18.4 Å². The number of halogens is 1. The molecule has 2 N–H and O–H groups in total. The fourth-order valence-electron chi connectivity index (χ4n) is 4.66. The van der Waals surface area contributed by atoms with Gasteiger partial charge in [-0.15, -0.1) is 0 Å². The van der Waals surface area contributed by atoms with Crippen LogP contribution in [-0.4, -0.2) is 27.4 Å². The van der Waals surface area contributed by atoms with Gasteiger partial charge in [-0.2, -0.15) is 0 Å². The molecule has 5 nitrogen and oxygen atoms in total. The van der Waals surface area contributed by atoms with Crippen molar-refractivity contribution in [1.29, 1.82) is 0 Å². The van der Waals surface area contributed by atoms with Gasteiger partial charge in [0.15, 0.2) is 0 Å². The number of aromatic hydroxyl groups is 1. The van der Waals surface area contributed by atoms with Crippen LogP contribution >= 0.6 is 0 Å². The number of fused-ring (bicyclic) bond motifs is 3. The van der Waals surface area contributed by atoms with Crippen LogP contribution in [0.1, 0.15) is 63.3 Å². The molecule has 1 aliphatic heterocycles. The third-order valence-corrected chi connectivity index (χ3v) is 6.06. The minimum Gasteiger partial charge on any atom is -0.507 e. The largest absolute Gasteiger partial charge is 0.507 e. The quantitative estimate of drug-likeness (QED) is 0.465. The van der Waals surface area contributed by atoms with E-state index in [0.29, 0.717) is 13.0 Å². The molecule has 0 bridgehead atoms. The highest BCUT2D eigenvalue weighted by Crippen LogP contribution is 2.48. The molecular weight excluding hydrogens is 397 g/mol. The summed E-state index contributed by atoms with van der Waals surface area (Å²) in [5.74, 6) is -0.865. The van der Waals surface area contributed by atoms with Gasteiger partial charge in [0.05, 0.1) is 18.2 Å². The van der Waals surface area contributed by atoms with Crippen molar-refractivity contribution in [2.45, 2.75) is 57.5 Å². The Morgan fingerprint density at radius 2 is 1.90 bits per heavy atom. The lowest BCUT2D eigenvalue weighted by atomic mass is 9.82. The van der Waals surface area contributed by atoms with Crippen molar-refractivity contribution in [3.8, 4) is 11.4 Å². The molecule has 1 atom stereocenters. The molecule has 0 fully saturated rings. The number of unbranched alkanes of at least 4 members (excludes halogenated alkanes) is 2. The Labute approximate surface area is 181 Å². The molecule has 2 aromatic carbocycles. The summed E-state index contributed by atoms with van der Waals surface area (Å²) in [7, 11) is 0. The van der Waals surface area contributed by atoms with Crippen molar-refractivity contribution in [3.63, 3.8) is 0 Å². The van der Waals surface area contributed by atoms with Gasteiger partial charge in [-0.05, 0) is 49.2 Å². The number of carboxylic acids is 1. The second kappa shape index (κ2) is 8.35. The number of rotatable bonds is 7. The summed E-state index contributed by atoms with van der Waals surface area (Å²) in [5, 5.41) is 20.4. The zero-order valence-electron chi connectivity index (χ0n) is 17.9. The summed E-state index contributed by atoms with van der Waals surface area (Å²) in [6, 6.07) is 11.9. The number of nitrogens with zero attached hydrogens (tertiary/aromatic N) is 1. The number of carbonyl (C=O) groups is 1. The van der Waals surface area contributed by atoms with Crippen molar-refractivity contribution >= 4 is 16.9 Å². The number of phenolic OH excluding ortho intramolecular Hbond substituents is 1. The second-order valence-electron chi connectivity index (χ2n) is 8.92. The van der Waals surface area contributed by atoms with Crippen LogP contribution in [0, 0.1) is 5.82 Å². The number of hydrogen-bond donors (Lipinski definition) is 2. The van der Waals surface area contributed by atoms with Crippen LogP contribution in [0.3, 0.4) is 0 Å². The Kier molecular flexibility index (Phi) is 5.75. The number of benzene rings is 2. The van der Waals surface area contributed by atoms with Gasteiger partial charge in [-0.3, -0.25) is 4.79 Å². The first-order valence-electron chi connectivity index (χ1n) is 10.8. The molecule has 0 spiro atoms. The van der Waals surface area contributed by atoms with E-state index in [1.807, 2.05) is 12.1 Å². The minimum atomic E-state index is -0.773. The van der Waals surface area contributed by atoms with E-state index in [4.69, 9.17) is 9.84 Å². The van der Waals surface area contributed by atoms with E-state index in [-0.39, 0.29) is 29.5 Å². The zero-order valence-corrected chi connectivity index (χ0v) is 17.9. The number of carboxylic acid groups (broad SMARTS) is 1. The van der Waals surface area contributed by atoms with Crippen LogP contribution < -0.4 is 0 Å². The standard InChI is InChI=1S/C25H28FNO4/c1-25(2)15-31-20(9-4-3-5-10-21(29)30)23-22-18(7-6-8-19(22)28)27(24(23)25)17-13-11-16(26)12-14-17/h6-8,11-14,20,28H,3-5,9-10,15H2,1-2H3,(H,29,30). The topological polar surface area (TPSA) is 71.7 Å². The molecule has 164 valence electrons. The van der Waals surface area contributed by atoms with Crippen LogP contribution in [-0.2, 0) is 14.9 Å². The fraction of sp³-hybridized carbons (Fsp3) is 0.400. The first-order chi connectivity index (χ1) is 14.8. The van der Waals surface area contributed by atoms with Crippen molar-refractivity contribution in [2.24, 2.45) is 0 Å². The van der Waals surface area contributed by atoms with Gasteiger partial charge >= 0.3 is 5.97 Å². The normalized spacial score (nSPS) is 17.6. The second-order valence-corrected chi connectivity index (χ2v) is 8.92. The van der Waals surface area contributed by atoms with E-state index in [0.717, 1.165) is 47.1 Å². The van der Waals surface area contributed by atoms with Gasteiger partial charge < -0.3 is 19.5 Å². The molecule has 0 amide bonds. The number of phenols is 1. The summed E-state index contributed by atoms with van der Waals surface area (Å²) in [4.78, 5) is 10.8. The molecule has 2 heterocycles. The maximum atomic E-state index is 13.6. The summed E-state index contributed by atoms with van der Waals surface area (Å²) in [6.07, 6.45) is 3.03. The fourth-order valence-corrected chi connectivity index (χ4v) is 4.66. The molecule has 0 saturated carbocycles. The molecule has 0 radical (unpaired) electrons. The Balaban J connectivity index is 1.81. The predicted molar refractivity (Wildman–Crippen MR) is 117 cm³/mol. The maximum absolute atomic E-state index is 13.6. The molecule has 3 aromatic rings. The Morgan fingerprint density at radius 1 is 1.16 bits per heavy atom. The van der Waals surface area contributed by atoms with Gasteiger partial charge in [-0.1, -0.05) is 32.8 Å². The van der Waals surface area contributed by atoms with Crippen LogP contribution in [0.5, 0.6) is 5.75 Å². The van der Waals surface area contributed by atoms with Gasteiger partial charge in [0, 0.05) is 34.2 Å². The highest BCUT2D eigenvalue weighted by molar-refractivity contribution is 5.93. The van der Waals surface area contributed by atoms with Crippen molar-refractivity contribution in [2.75, 3.05) is 6.61 Å². The van der Waals surface area contributed by atoms with Crippen LogP contribution in [0.25, 0.3) is 16.6 Å². The van der Waals surface area contributed by atoms with Gasteiger partial charge in [0.1, 0.15) is 11.6 Å². The summed E-state index contributed by atoms with van der Waals surface area (Å²) in [5.41, 5.74) is 3.44. The van der Waals surface area contributed by atoms with Gasteiger partial charge in [-0.25, -0.2) is 4.39 Å². The zero-order chi connectivity index (χ0) is 22.2. The molecule has 6 heteroatoms. The van der Waals surface area contributed by atoms with E-state index < -0.39 is 5.97 Å². The number of ether oxygens (including phenoxy) is 1. The van der Waals surface area contributed by atoms with E-state index in [1.165, 1.54) is 12.1 Å². The molecule has 0 aliphatic carbocycles. The van der Waals surface area contributed by atoms with Crippen LogP contribution in [0.2, 0.25) is 0 Å². The highest BCUT2D eigenvalue weighted by Gasteiger charge is 2.39. The van der Waals surface area contributed by atoms with Gasteiger partial charge in [0.25, 0.3) is 0 Å². The van der Waals surface area contributed by atoms with E-state index >= 15 is 0 Å². The molecule has 0 saturated heterocycles. The van der Waals surface area contributed by atoms with Crippen LogP contribution in [0.4, 0.5) is 4.39 Å². The van der Waals surface area contributed by atoms with Crippen molar-refractivity contribution < 1.29 is 24.1 Å². The van der Waals surface area contributed by atoms with E-state index in [9.17, 15) is 14.3 Å². The highest BCUT2D eigenvalue weighted by atomic mass is 19.1. The lowest BCUT2D eigenvalue weighted by Crippen LogP contribution is -2.34. The van der Waals surface area contributed by atoms with E-state index in [1.54, 1.807) is 18.2 Å². The average molecular weight is 426 g/mol. The van der Waals surface area contributed by atoms with Gasteiger partial charge in [0.2, 0.25) is 0 Å². The van der Waals surface area contributed by atoms with Crippen molar-refractivity contribution in [3.05, 3.63) is 59.5 Å². The summed E-state index contributed by atoms with van der Waals surface area (Å²) >= 11 is 0. The molecule has 1 aromatic heterocycles. The lowest BCUT2D eigenvalue weighted by Gasteiger charge is -2.37.